The van der Waals surface area contributed by atoms with Crippen molar-refractivity contribution in [3.05, 3.63) is 53.5 Å². The molecule has 2 unspecified atom stereocenters. The molecule has 0 spiro atoms. The summed E-state index contributed by atoms with van der Waals surface area (Å²) in [5.74, 6) is 0.811. The third-order valence-electron chi connectivity index (χ3n) is 5.98. The van der Waals surface area contributed by atoms with E-state index in [0.717, 1.165) is 31.7 Å². The summed E-state index contributed by atoms with van der Waals surface area (Å²) >= 11 is 0. The van der Waals surface area contributed by atoms with Crippen molar-refractivity contribution in [2.75, 3.05) is 24.5 Å². The lowest BCUT2D eigenvalue weighted by Crippen LogP contribution is -2.35. The van der Waals surface area contributed by atoms with Crippen LogP contribution in [0.1, 0.15) is 41.9 Å². The maximum atomic E-state index is 13.0. The zero-order chi connectivity index (χ0) is 18.3. The number of amides is 1. The van der Waals surface area contributed by atoms with Gasteiger partial charge >= 0.3 is 0 Å². The van der Waals surface area contributed by atoms with E-state index >= 15 is 0 Å². The maximum Gasteiger partial charge on any atom is 0.257 e. The van der Waals surface area contributed by atoms with E-state index in [-0.39, 0.29) is 36.1 Å². The fourth-order valence-corrected chi connectivity index (χ4v) is 4.21. The molecule has 0 aliphatic carbocycles. The Morgan fingerprint density at radius 1 is 1.29 bits per heavy atom. The molecule has 3 heterocycles. The largest absolute Gasteiger partial charge is 0.467 e. The molecule has 0 bridgehead atoms. The zero-order valence-corrected chi connectivity index (χ0v) is 18.0. The first-order valence-electron chi connectivity index (χ1n) is 9.41. The summed E-state index contributed by atoms with van der Waals surface area (Å²) < 4.78 is 5.74. The Morgan fingerprint density at radius 2 is 2.04 bits per heavy atom. The van der Waals surface area contributed by atoms with Crippen LogP contribution in [0, 0.1) is 5.41 Å². The third-order valence-corrected chi connectivity index (χ3v) is 5.98. The van der Waals surface area contributed by atoms with E-state index in [1.54, 1.807) is 6.26 Å². The molecule has 7 heteroatoms. The molecule has 2 N–H and O–H groups in total. The number of nitrogens with zero attached hydrogens (tertiary/aromatic N) is 2. The van der Waals surface area contributed by atoms with Crippen LogP contribution in [-0.4, -0.2) is 36.5 Å². The molecule has 0 radical (unpaired) electrons. The van der Waals surface area contributed by atoms with Crippen LogP contribution >= 0.6 is 24.8 Å². The van der Waals surface area contributed by atoms with Gasteiger partial charge in [0, 0.05) is 24.8 Å². The quantitative estimate of drug-likeness (QED) is 0.806. The van der Waals surface area contributed by atoms with Gasteiger partial charge in [0.1, 0.15) is 5.76 Å². The number of furan rings is 1. The number of halogens is 2. The van der Waals surface area contributed by atoms with Gasteiger partial charge < -0.3 is 20.0 Å². The number of fused-ring (bicyclic) bond motifs is 1. The first-order chi connectivity index (χ1) is 12.5. The van der Waals surface area contributed by atoms with E-state index in [9.17, 15) is 4.79 Å². The number of para-hydroxylation sites is 1. The van der Waals surface area contributed by atoms with Gasteiger partial charge in [0.05, 0.1) is 18.4 Å². The third kappa shape index (κ3) is 4.02. The van der Waals surface area contributed by atoms with Gasteiger partial charge in [-0.2, -0.15) is 0 Å². The molecule has 2 atom stereocenters. The molecule has 2 aromatic rings. The summed E-state index contributed by atoms with van der Waals surface area (Å²) in [5, 5.41) is 0. The molecule has 1 saturated heterocycles. The lowest BCUT2D eigenvalue weighted by molar-refractivity contribution is 0.0774. The Kier molecular flexibility index (Phi) is 7.07. The van der Waals surface area contributed by atoms with Gasteiger partial charge in [-0.05, 0) is 49.4 Å². The van der Waals surface area contributed by atoms with E-state index in [1.165, 1.54) is 11.3 Å². The number of nitrogens with two attached hydrogens (primary N) is 1. The molecule has 1 fully saturated rings. The molecule has 2 aliphatic heterocycles. The van der Waals surface area contributed by atoms with Crippen molar-refractivity contribution in [3.63, 3.8) is 0 Å². The van der Waals surface area contributed by atoms with E-state index in [4.69, 9.17) is 10.2 Å². The summed E-state index contributed by atoms with van der Waals surface area (Å²) in [5.41, 5.74) is 9.20. The molecule has 28 heavy (non-hydrogen) atoms. The Morgan fingerprint density at radius 3 is 2.75 bits per heavy atom. The number of likely N-dealkylation sites (tertiary alicyclic amines) is 1. The molecule has 1 amide bonds. The van der Waals surface area contributed by atoms with Crippen molar-refractivity contribution >= 4 is 36.4 Å². The lowest BCUT2D eigenvalue weighted by atomic mass is 9.90. The van der Waals surface area contributed by atoms with Gasteiger partial charge in [0.15, 0.2) is 0 Å². The number of carbonyl (C=O) groups is 1. The van der Waals surface area contributed by atoms with Crippen LogP contribution in [0.15, 0.2) is 41.0 Å². The lowest BCUT2D eigenvalue weighted by Gasteiger charge is -2.25. The molecule has 1 aromatic carbocycles. The SMILES string of the molecule is CC1Cc2ccccc2N1Cc1occc1C(=O)N1CCC(C)(CN)C1.Cl.Cl. The Bertz CT molecular complexity index is 825. The minimum absolute atomic E-state index is 0. The molecular formula is C21H29Cl2N3O2. The fraction of sp³-hybridized carbons (Fsp3) is 0.476. The smallest absolute Gasteiger partial charge is 0.257 e. The van der Waals surface area contributed by atoms with Crippen LogP contribution in [0.5, 0.6) is 0 Å². The standard InChI is InChI=1S/C21H27N3O2.2ClH/c1-15-11-16-5-3-4-6-18(16)24(15)12-19-17(7-10-26-19)20(25)23-9-8-21(2,13-22)14-23;;/h3-7,10,15H,8-9,11-14,22H2,1-2H3;2*1H. The highest BCUT2D eigenvalue weighted by atomic mass is 35.5. The van der Waals surface area contributed by atoms with Crippen molar-refractivity contribution in [1.29, 1.82) is 0 Å². The van der Waals surface area contributed by atoms with Gasteiger partial charge in [-0.15, -0.1) is 24.8 Å². The summed E-state index contributed by atoms with van der Waals surface area (Å²) in [6.45, 7) is 7.08. The van der Waals surface area contributed by atoms with E-state index in [0.29, 0.717) is 24.7 Å². The Labute approximate surface area is 179 Å². The maximum absolute atomic E-state index is 13.0. The summed E-state index contributed by atoms with van der Waals surface area (Å²) in [6, 6.07) is 10.7. The van der Waals surface area contributed by atoms with Crippen LogP contribution < -0.4 is 10.6 Å². The molecule has 1 aromatic heterocycles. The van der Waals surface area contributed by atoms with Gasteiger partial charge in [-0.3, -0.25) is 4.79 Å². The number of benzene rings is 1. The molecule has 5 nitrogen and oxygen atoms in total. The highest BCUT2D eigenvalue weighted by Crippen LogP contribution is 2.34. The molecular weight excluding hydrogens is 397 g/mol. The average Bonchev–Trinajstić information content (AvgIpc) is 3.34. The highest BCUT2D eigenvalue weighted by molar-refractivity contribution is 5.95. The predicted molar refractivity (Wildman–Crippen MR) is 117 cm³/mol. The first-order valence-corrected chi connectivity index (χ1v) is 9.41. The summed E-state index contributed by atoms with van der Waals surface area (Å²) in [6.07, 6.45) is 3.62. The molecule has 4 rings (SSSR count). The average molecular weight is 426 g/mol. The second-order valence-corrected chi connectivity index (χ2v) is 8.06. The minimum Gasteiger partial charge on any atom is -0.467 e. The van der Waals surface area contributed by atoms with Crippen molar-refractivity contribution in [3.8, 4) is 0 Å². The van der Waals surface area contributed by atoms with Crippen LogP contribution in [-0.2, 0) is 13.0 Å². The molecule has 0 saturated carbocycles. The van der Waals surface area contributed by atoms with Gasteiger partial charge in [0.2, 0.25) is 0 Å². The van der Waals surface area contributed by atoms with E-state index in [1.807, 2.05) is 11.0 Å². The number of carbonyl (C=O) groups excluding carboxylic acids is 1. The number of rotatable bonds is 4. The topological polar surface area (TPSA) is 62.7 Å². The number of hydrogen-bond acceptors (Lipinski definition) is 4. The number of hydrogen-bond donors (Lipinski definition) is 1. The zero-order valence-electron chi connectivity index (χ0n) is 16.4. The van der Waals surface area contributed by atoms with E-state index in [2.05, 4.69) is 43.0 Å². The van der Waals surface area contributed by atoms with Crippen LogP contribution in [0.4, 0.5) is 5.69 Å². The Hall–Kier alpha value is -1.69. The van der Waals surface area contributed by atoms with Crippen LogP contribution in [0.25, 0.3) is 0 Å². The van der Waals surface area contributed by atoms with E-state index < -0.39 is 0 Å². The number of anilines is 1. The summed E-state index contributed by atoms with van der Waals surface area (Å²) in [7, 11) is 0. The predicted octanol–water partition coefficient (Wildman–Crippen LogP) is 3.89. The van der Waals surface area contributed by atoms with Crippen molar-refractivity contribution in [2.45, 2.75) is 39.3 Å². The van der Waals surface area contributed by atoms with Crippen molar-refractivity contribution < 1.29 is 9.21 Å². The van der Waals surface area contributed by atoms with Crippen LogP contribution in [0.3, 0.4) is 0 Å². The Balaban J connectivity index is 0.00000140. The van der Waals surface area contributed by atoms with Crippen LogP contribution in [0.2, 0.25) is 0 Å². The van der Waals surface area contributed by atoms with Crippen molar-refractivity contribution in [2.24, 2.45) is 11.1 Å². The minimum atomic E-state index is 0. The second-order valence-electron chi connectivity index (χ2n) is 8.06. The first kappa shape index (κ1) is 22.6. The monoisotopic (exact) mass is 425 g/mol. The molecule has 154 valence electrons. The second kappa shape index (κ2) is 8.76. The fourth-order valence-electron chi connectivity index (χ4n) is 4.21. The van der Waals surface area contributed by atoms with Gasteiger partial charge in [-0.25, -0.2) is 0 Å². The van der Waals surface area contributed by atoms with Crippen molar-refractivity contribution in [1.82, 2.24) is 4.90 Å². The molecule has 2 aliphatic rings. The van der Waals surface area contributed by atoms with Gasteiger partial charge in [-0.1, -0.05) is 25.1 Å². The normalized spacial score (nSPS) is 23.2. The van der Waals surface area contributed by atoms with Gasteiger partial charge in [0.25, 0.3) is 5.91 Å². The summed E-state index contributed by atoms with van der Waals surface area (Å²) in [4.78, 5) is 17.3. The highest BCUT2D eigenvalue weighted by Gasteiger charge is 2.36.